The van der Waals surface area contributed by atoms with Crippen LogP contribution in [0.25, 0.3) is 0 Å². The summed E-state index contributed by atoms with van der Waals surface area (Å²) in [6.07, 6.45) is 0. The van der Waals surface area contributed by atoms with Gasteiger partial charge in [0.05, 0.1) is 12.2 Å². The Morgan fingerprint density at radius 3 is 2.19 bits per heavy atom. The molecule has 0 aliphatic carbocycles. The van der Waals surface area contributed by atoms with Gasteiger partial charge >= 0.3 is 0 Å². The molecule has 2 N–H and O–H groups in total. The smallest absolute Gasteiger partial charge is 0.258 e. The number of benzene rings is 2. The van der Waals surface area contributed by atoms with Crippen molar-refractivity contribution in [2.45, 2.75) is 6.92 Å². The number of amides is 2. The predicted molar refractivity (Wildman–Crippen MR) is 94.8 cm³/mol. The molecular formula is C19H20F2N2O4. The van der Waals surface area contributed by atoms with Crippen LogP contribution < -0.4 is 20.1 Å². The largest absolute Gasteiger partial charge is 0.494 e. The molecule has 2 aromatic carbocycles. The number of ether oxygens (including phenoxy) is 2. The molecule has 0 saturated heterocycles. The van der Waals surface area contributed by atoms with Crippen LogP contribution in [0.5, 0.6) is 11.5 Å². The number of carbonyl (C=O) groups is 2. The molecule has 0 fully saturated rings. The van der Waals surface area contributed by atoms with Crippen LogP contribution in [0, 0.1) is 11.6 Å². The van der Waals surface area contributed by atoms with E-state index in [1.807, 2.05) is 6.92 Å². The molecule has 2 aromatic rings. The average Bonchev–Trinajstić information content (AvgIpc) is 2.65. The quantitative estimate of drug-likeness (QED) is 0.657. The van der Waals surface area contributed by atoms with Crippen molar-refractivity contribution in [3.8, 4) is 11.5 Å². The topological polar surface area (TPSA) is 76.7 Å². The Labute approximate surface area is 155 Å². The van der Waals surface area contributed by atoms with Crippen LogP contribution in [0.3, 0.4) is 0 Å². The van der Waals surface area contributed by atoms with E-state index in [2.05, 4.69) is 10.6 Å². The summed E-state index contributed by atoms with van der Waals surface area (Å²) in [5.41, 5.74) is -0.262. The van der Waals surface area contributed by atoms with Gasteiger partial charge in [0, 0.05) is 19.2 Å². The molecule has 8 heteroatoms. The molecule has 6 nitrogen and oxygen atoms in total. The fourth-order valence-electron chi connectivity index (χ4n) is 2.15. The summed E-state index contributed by atoms with van der Waals surface area (Å²) in [5, 5.41) is 4.99. The molecule has 27 heavy (non-hydrogen) atoms. The minimum absolute atomic E-state index is 0.0877. The Morgan fingerprint density at radius 2 is 1.56 bits per heavy atom. The number of rotatable bonds is 9. The lowest BCUT2D eigenvalue weighted by Gasteiger charge is -2.09. The van der Waals surface area contributed by atoms with E-state index in [9.17, 15) is 18.4 Å². The summed E-state index contributed by atoms with van der Waals surface area (Å²) in [6.45, 7) is 2.49. The van der Waals surface area contributed by atoms with E-state index in [0.29, 0.717) is 24.2 Å². The van der Waals surface area contributed by atoms with E-state index in [0.717, 1.165) is 12.1 Å². The van der Waals surface area contributed by atoms with Crippen LogP contribution >= 0.6 is 0 Å². The third-order valence-electron chi connectivity index (χ3n) is 3.41. The zero-order valence-electron chi connectivity index (χ0n) is 14.8. The third-order valence-corrected chi connectivity index (χ3v) is 3.41. The van der Waals surface area contributed by atoms with Crippen LogP contribution in [-0.2, 0) is 4.79 Å². The lowest BCUT2D eigenvalue weighted by molar-refractivity contribution is -0.123. The van der Waals surface area contributed by atoms with Crippen LogP contribution in [0.4, 0.5) is 8.78 Å². The first-order valence-electron chi connectivity index (χ1n) is 8.35. The fraction of sp³-hybridized carbons (Fsp3) is 0.263. The summed E-state index contributed by atoms with van der Waals surface area (Å²) < 4.78 is 36.9. The number of carbonyl (C=O) groups excluding carboxylic acids is 2. The first-order chi connectivity index (χ1) is 13.0. The SMILES string of the molecule is CCOc1ccc(OCC(=O)NCCNC(=O)c2ccc(F)cc2F)cc1. The molecule has 2 amide bonds. The Balaban J connectivity index is 1.66. The maximum Gasteiger partial charge on any atom is 0.258 e. The van der Waals surface area contributed by atoms with Gasteiger partial charge in [0.25, 0.3) is 11.8 Å². The van der Waals surface area contributed by atoms with Crippen LogP contribution in [0.15, 0.2) is 42.5 Å². The van der Waals surface area contributed by atoms with E-state index >= 15 is 0 Å². The monoisotopic (exact) mass is 378 g/mol. The van der Waals surface area contributed by atoms with Gasteiger partial charge < -0.3 is 20.1 Å². The van der Waals surface area contributed by atoms with Gasteiger partial charge in [0.15, 0.2) is 6.61 Å². The normalized spacial score (nSPS) is 10.2. The van der Waals surface area contributed by atoms with Crippen molar-refractivity contribution in [3.63, 3.8) is 0 Å². The van der Waals surface area contributed by atoms with Gasteiger partial charge in [-0.15, -0.1) is 0 Å². The number of hydrogen-bond acceptors (Lipinski definition) is 4. The Hall–Kier alpha value is -3.16. The van der Waals surface area contributed by atoms with Crippen molar-refractivity contribution in [1.82, 2.24) is 10.6 Å². The number of halogens is 2. The van der Waals surface area contributed by atoms with E-state index in [4.69, 9.17) is 9.47 Å². The number of hydrogen-bond donors (Lipinski definition) is 2. The average molecular weight is 378 g/mol. The highest BCUT2D eigenvalue weighted by molar-refractivity contribution is 5.94. The van der Waals surface area contributed by atoms with Gasteiger partial charge in [-0.05, 0) is 43.3 Å². The molecule has 0 aliphatic heterocycles. The predicted octanol–water partition coefficient (Wildman–Crippen LogP) is 2.29. The van der Waals surface area contributed by atoms with Crippen molar-refractivity contribution in [1.29, 1.82) is 0 Å². The van der Waals surface area contributed by atoms with Gasteiger partial charge in [-0.2, -0.15) is 0 Å². The van der Waals surface area contributed by atoms with Crippen LogP contribution in [0.1, 0.15) is 17.3 Å². The molecule has 0 atom stereocenters. The molecule has 0 radical (unpaired) electrons. The van der Waals surface area contributed by atoms with E-state index < -0.39 is 17.5 Å². The maximum absolute atomic E-state index is 13.5. The highest BCUT2D eigenvalue weighted by atomic mass is 19.1. The fourth-order valence-corrected chi connectivity index (χ4v) is 2.15. The second-order valence-corrected chi connectivity index (χ2v) is 5.42. The lowest BCUT2D eigenvalue weighted by Crippen LogP contribution is -2.37. The van der Waals surface area contributed by atoms with Crippen molar-refractivity contribution in [2.24, 2.45) is 0 Å². The summed E-state index contributed by atoms with van der Waals surface area (Å²) >= 11 is 0. The standard InChI is InChI=1S/C19H20F2N2O4/c1-2-26-14-4-6-15(7-5-14)27-12-18(24)22-9-10-23-19(25)16-8-3-13(20)11-17(16)21/h3-8,11H,2,9-10,12H2,1H3,(H,22,24)(H,23,25). The minimum atomic E-state index is -0.944. The van der Waals surface area contributed by atoms with E-state index in [1.165, 1.54) is 0 Å². The second-order valence-electron chi connectivity index (χ2n) is 5.42. The van der Waals surface area contributed by atoms with Crippen LogP contribution in [0.2, 0.25) is 0 Å². The first-order valence-corrected chi connectivity index (χ1v) is 8.35. The van der Waals surface area contributed by atoms with Crippen LogP contribution in [-0.4, -0.2) is 38.1 Å². The molecule has 0 aromatic heterocycles. The molecule has 144 valence electrons. The number of nitrogens with one attached hydrogen (secondary N) is 2. The molecule has 2 rings (SSSR count). The summed E-state index contributed by atoms with van der Waals surface area (Å²) in [5.74, 6) is -1.53. The van der Waals surface area contributed by atoms with Crippen molar-refractivity contribution in [2.75, 3.05) is 26.3 Å². The zero-order valence-corrected chi connectivity index (χ0v) is 14.8. The van der Waals surface area contributed by atoms with Gasteiger partial charge in [-0.1, -0.05) is 0 Å². The zero-order chi connectivity index (χ0) is 19.6. The van der Waals surface area contributed by atoms with Gasteiger partial charge in [0.2, 0.25) is 0 Å². The Kier molecular flexibility index (Phi) is 7.54. The van der Waals surface area contributed by atoms with Gasteiger partial charge in [-0.25, -0.2) is 8.78 Å². The molecular weight excluding hydrogens is 358 g/mol. The van der Waals surface area contributed by atoms with E-state index in [-0.39, 0.29) is 31.2 Å². The Morgan fingerprint density at radius 1 is 0.926 bits per heavy atom. The third kappa shape index (κ3) is 6.58. The highest BCUT2D eigenvalue weighted by Gasteiger charge is 2.12. The minimum Gasteiger partial charge on any atom is -0.494 e. The summed E-state index contributed by atoms with van der Waals surface area (Å²) in [6, 6.07) is 9.55. The molecule has 0 aliphatic rings. The Bertz CT molecular complexity index is 782. The van der Waals surface area contributed by atoms with Crippen molar-refractivity contribution < 1.29 is 27.8 Å². The highest BCUT2D eigenvalue weighted by Crippen LogP contribution is 2.17. The molecule has 0 heterocycles. The van der Waals surface area contributed by atoms with Crippen molar-refractivity contribution >= 4 is 11.8 Å². The summed E-state index contributed by atoms with van der Waals surface area (Å²) in [7, 11) is 0. The second kappa shape index (κ2) is 10.1. The van der Waals surface area contributed by atoms with Gasteiger partial charge in [0.1, 0.15) is 23.1 Å². The summed E-state index contributed by atoms with van der Waals surface area (Å²) in [4.78, 5) is 23.5. The lowest BCUT2D eigenvalue weighted by atomic mass is 10.2. The first kappa shape index (κ1) is 20.2. The molecule has 0 unspecified atom stereocenters. The maximum atomic E-state index is 13.5. The molecule has 0 spiro atoms. The molecule has 0 saturated carbocycles. The van der Waals surface area contributed by atoms with E-state index in [1.54, 1.807) is 24.3 Å². The van der Waals surface area contributed by atoms with Crippen molar-refractivity contribution in [3.05, 3.63) is 59.7 Å². The molecule has 0 bridgehead atoms. The van der Waals surface area contributed by atoms with Gasteiger partial charge in [-0.3, -0.25) is 9.59 Å².